The molecule has 0 bridgehead atoms. The van der Waals surface area contributed by atoms with Gasteiger partial charge in [0.1, 0.15) is 18.7 Å². The van der Waals surface area contributed by atoms with E-state index in [2.05, 4.69) is 21.3 Å². The molecule has 0 saturated carbocycles. The van der Waals surface area contributed by atoms with Crippen LogP contribution in [0.5, 0.6) is 0 Å². The average molecular weight is 657 g/mol. The van der Waals surface area contributed by atoms with Crippen LogP contribution < -0.4 is 21.3 Å². The zero-order valence-corrected chi connectivity index (χ0v) is 27.6. The minimum atomic E-state index is -1.07. The molecular formula is C37H44N4O7. The molecule has 48 heavy (non-hydrogen) atoms. The summed E-state index contributed by atoms with van der Waals surface area (Å²) in [7, 11) is 1.25. The maximum absolute atomic E-state index is 14.0. The molecule has 1 fully saturated rings. The molecule has 4 atom stereocenters. The van der Waals surface area contributed by atoms with Gasteiger partial charge in [0.25, 0.3) is 0 Å². The second kappa shape index (κ2) is 17.7. The molecule has 4 amide bonds. The number of ether oxygens (including phenoxy) is 2. The molecule has 4 N–H and O–H groups in total. The van der Waals surface area contributed by atoms with Crippen LogP contribution in [0.1, 0.15) is 44.2 Å². The van der Waals surface area contributed by atoms with E-state index in [4.69, 9.17) is 9.47 Å². The van der Waals surface area contributed by atoms with Crippen LogP contribution in [0.4, 0.5) is 4.79 Å². The Labute approximate surface area is 280 Å². The van der Waals surface area contributed by atoms with Gasteiger partial charge in [0.05, 0.1) is 7.11 Å². The van der Waals surface area contributed by atoms with Crippen LogP contribution in [-0.4, -0.2) is 61.6 Å². The highest BCUT2D eigenvalue weighted by Gasteiger charge is 2.31. The Morgan fingerprint density at radius 2 is 1.60 bits per heavy atom. The minimum absolute atomic E-state index is 0.0195. The Bertz CT molecular complexity index is 1600. The van der Waals surface area contributed by atoms with Gasteiger partial charge < -0.3 is 30.7 Å². The molecule has 0 spiro atoms. The van der Waals surface area contributed by atoms with Crippen molar-refractivity contribution in [2.45, 2.75) is 64.3 Å². The van der Waals surface area contributed by atoms with E-state index < -0.39 is 42.0 Å². The van der Waals surface area contributed by atoms with E-state index in [1.54, 1.807) is 0 Å². The van der Waals surface area contributed by atoms with E-state index in [1.165, 1.54) is 19.3 Å². The molecule has 1 heterocycles. The molecule has 1 aliphatic heterocycles. The summed E-state index contributed by atoms with van der Waals surface area (Å²) in [6, 6.07) is 20.0. The van der Waals surface area contributed by atoms with Crippen molar-refractivity contribution in [3.8, 4) is 0 Å². The lowest BCUT2D eigenvalue weighted by atomic mass is 9.96. The van der Waals surface area contributed by atoms with Crippen molar-refractivity contribution in [3.63, 3.8) is 0 Å². The molecule has 0 aromatic heterocycles. The zero-order chi connectivity index (χ0) is 34.5. The Balaban J connectivity index is 1.54. The molecule has 11 nitrogen and oxygen atoms in total. The van der Waals surface area contributed by atoms with Gasteiger partial charge in [-0.2, -0.15) is 0 Å². The Hall–Kier alpha value is -5.19. The summed E-state index contributed by atoms with van der Waals surface area (Å²) in [6.07, 6.45) is 3.25. The van der Waals surface area contributed by atoms with Crippen molar-refractivity contribution in [1.82, 2.24) is 21.3 Å². The fourth-order valence-electron chi connectivity index (χ4n) is 5.69. The zero-order valence-electron chi connectivity index (χ0n) is 27.6. The van der Waals surface area contributed by atoms with Gasteiger partial charge in [-0.3, -0.25) is 14.4 Å². The molecule has 254 valence electrons. The quantitative estimate of drug-likeness (QED) is 0.143. The summed E-state index contributed by atoms with van der Waals surface area (Å²) in [5, 5.41) is 13.2. The van der Waals surface area contributed by atoms with E-state index in [1.807, 2.05) is 86.6 Å². The number of nitrogens with one attached hydrogen (secondary N) is 4. The van der Waals surface area contributed by atoms with Crippen molar-refractivity contribution in [2.75, 3.05) is 13.7 Å². The van der Waals surface area contributed by atoms with Crippen LogP contribution >= 0.6 is 0 Å². The molecule has 3 aromatic carbocycles. The van der Waals surface area contributed by atoms with Crippen LogP contribution in [0.2, 0.25) is 0 Å². The predicted octanol–water partition coefficient (Wildman–Crippen LogP) is 3.95. The SMILES string of the molecule is COC(=O)/C=C/[C@H](C[C@@H]1CCNC1=O)NC(=O)[C@H](CC(C)C)NC(=O)[C@H](Cc1cccc2ccccc12)NC(=O)OCc1ccccc1. The van der Waals surface area contributed by atoms with Gasteiger partial charge in [0.2, 0.25) is 17.7 Å². The minimum Gasteiger partial charge on any atom is -0.466 e. The maximum atomic E-state index is 14.0. The number of hydrogen-bond donors (Lipinski definition) is 4. The summed E-state index contributed by atoms with van der Waals surface area (Å²) in [6.45, 7) is 4.41. The first-order valence-electron chi connectivity index (χ1n) is 16.2. The maximum Gasteiger partial charge on any atom is 0.408 e. The first-order valence-corrected chi connectivity index (χ1v) is 16.2. The third-order valence-electron chi connectivity index (χ3n) is 8.16. The van der Waals surface area contributed by atoms with E-state index in [9.17, 15) is 24.0 Å². The predicted molar refractivity (Wildman–Crippen MR) is 181 cm³/mol. The number of esters is 1. The van der Waals surface area contributed by atoms with E-state index in [0.717, 1.165) is 21.9 Å². The monoisotopic (exact) mass is 656 g/mol. The Morgan fingerprint density at radius 3 is 2.31 bits per heavy atom. The smallest absolute Gasteiger partial charge is 0.408 e. The summed E-state index contributed by atoms with van der Waals surface area (Å²) >= 11 is 0. The second-order valence-corrected chi connectivity index (χ2v) is 12.3. The summed E-state index contributed by atoms with van der Waals surface area (Å²) in [4.78, 5) is 64.8. The van der Waals surface area contributed by atoms with Gasteiger partial charge in [0, 0.05) is 31.0 Å². The Morgan fingerprint density at radius 1 is 0.896 bits per heavy atom. The molecule has 0 aliphatic carbocycles. The molecule has 1 aliphatic rings. The number of hydrogen-bond acceptors (Lipinski definition) is 7. The lowest BCUT2D eigenvalue weighted by Crippen LogP contribution is -2.55. The van der Waals surface area contributed by atoms with Gasteiger partial charge in [-0.25, -0.2) is 9.59 Å². The molecule has 4 rings (SSSR count). The Kier molecular flexibility index (Phi) is 13.1. The third-order valence-corrected chi connectivity index (χ3v) is 8.16. The van der Waals surface area contributed by atoms with E-state index in [0.29, 0.717) is 19.4 Å². The van der Waals surface area contributed by atoms with Gasteiger partial charge in [0.15, 0.2) is 0 Å². The molecule has 11 heteroatoms. The van der Waals surface area contributed by atoms with Crippen molar-refractivity contribution >= 4 is 40.6 Å². The molecular weight excluding hydrogens is 612 g/mol. The third kappa shape index (κ3) is 10.7. The van der Waals surface area contributed by atoms with E-state index >= 15 is 0 Å². The number of amides is 4. The number of alkyl carbamates (subject to hydrolysis) is 1. The fourth-order valence-corrected chi connectivity index (χ4v) is 5.69. The molecule has 0 radical (unpaired) electrons. The van der Waals surface area contributed by atoms with Gasteiger partial charge >= 0.3 is 12.1 Å². The van der Waals surface area contributed by atoms with Crippen molar-refractivity contribution in [2.24, 2.45) is 11.8 Å². The van der Waals surface area contributed by atoms with Crippen molar-refractivity contribution < 1.29 is 33.4 Å². The largest absolute Gasteiger partial charge is 0.466 e. The number of fused-ring (bicyclic) bond motifs is 1. The molecule has 1 saturated heterocycles. The van der Waals surface area contributed by atoms with Crippen molar-refractivity contribution in [1.29, 1.82) is 0 Å². The van der Waals surface area contributed by atoms with Crippen LogP contribution in [0, 0.1) is 11.8 Å². The first-order chi connectivity index (χ1) is 23.1. The highest BCUT2D eigenvalue weighted by molar-refractivity contribution is 5.93. The van der Waals surface area contributed by atoms with Gasteiger partial charge in [-0.1, -0.05) is 92.7 Å². The highest BCUT2D eigenvalue weighted by Crippen LogP contribution is 2.21. The van der Waals surface area contributed by atoms with E-state index in [-0.39, 0.29) is 37.2 Å². The van der Waals surface area contributed by atoms with Gasteiger partial charge in [-0.05, 0) is 47.1 Å². The van der Waals surface area contributed by atoms with Crippen LogP contribution in [0.25, 0.3) is 10.8 Å². The summed E-state index contributed by atoms with van der Waals surface area (Å²) < 4.78 is 10.1. The first kappa shape index (κ1) is 35.7. The second-order valence-electron chi connectivity index (χ2n) is 12.3. The summed E-state index contributed by atoms with van der Waals surface area (Å²) in [5.41, 5.74) is 1.63. The number of benzene rings is 3. The lowest BCUT2D eigenvalue weighted by molar-refractivity contribution is -0.135. The topological polar surface area (TPSA) is 152 Å². The van der Waals surface area contributed by atoms with Crippen LogP contribution in [0.15, 0.2) is 84.9 Å². The number of carbonyl (C=O) groups excluding carboxylic acids is 5. The average Bonchev–Trinajstić information content (AvgIpc) is 3.49. The molecule has 3 aromatic rings. The fraction of sp³-hybridized carbons (Fsp3) is 0.378. The van der Waals surface area contributed by atoms with Crippen molar-refractivity contribution in [3.05, 3.63) is 96.1 Å². The lowest BCUT2D eigenvalue weighted by Gasteiger charge is -2.26. The number of rotatable bonds is 15. The van der Waals surface area contributed by atoms with Crippen LogP contribution in [0.3, 0.4) is 0 Å². The number of methoxy groups -OCH3 is 1. The van der Waals surface area contributed by atoms with Crippen LogP contribution in [-0.2, 0) is 41.7 Å². The summed E-state index contributed by atoms with van der Waals surface area (Å²) in [5.74, 6) is -2.08. The highest BCUT2D eigenvalue weighted by atomic mass is 16.5. The van der Waals surface area contributed by atoms with Gasteiger partial charge in [-0.15, -0.1) is 0 Å². The standard InChI is InChI=1S/C37H44N4O7/c1-24(2)20-31(35(44)39-29(16-17-33(42)47-3)21-28-18-19-38-34(28)43)40-36(45)32(41-37(46)48-23-25-10-5-4-6-11-25)22-27-14-9-13-26-12-7-8-15-30(26)27/h4-17,24,28-29,31-32H,18-23H2,1-3H3,(H,38,43)(H,39,44)(H,40,45)(H,41,46)/b17-16+/t28-,29+,31-,32-/m0/s1. The molecule has 0 unspecified atom stereocenters. The normalized spacial score (nSPS) is 16.2. The number of carbonyl (C=O) groups is 5.